The SMILES string of the molecule is C/C(=N\C1=C([C@@H](C)C2=C3C=CC=CC3CC=C2)C2(c3cc(-c4ccc(Cc5ccccc5-c5ccccc5C)cc4)ccc31)c1ccccc1-c1ccccc12)c1ccccc1. The van der Waals surface area contributed by atoms with Gasteiger partial charge in [0.05, 0.1) is 11.1 Å². The van der Waals surface area contributed by atoms with Crippen LogP contribution < -0.4 is 0 Å². The van der Waals surface area contributed by atoms with Crippen LogP contribution in [0.1, 0.15) is 64.8 Å². The molecule has 1 unspecified atom stereocenters. The maximum atomic E-state index is 5.76. The molecule has 298 valence electrons. The smallest absolute Gasteiger partial charge is 0.0722 e. The van der Waals surface area contributed by atoms with Gasteiger partial charge in [-0.25, -0.2) is 0 Å². The third-order valence-corrected chi connectivity index (χ3v) is 13.9. The molecule has 4 aliphatic rings. The fraction of sp³-hybridized carbons (Fsp3) is 0.131. The first-order chi connectivity index (χ1) is 30.5. The Morgan fingerprint density at radius 2 is 1.26 bits per heavy atom. The van der Waals surface area contributed by atoms with E-state index in [1.807, 2.05) is 0 Å². The second-order valence-electron chi connectivity index (χ2n) is 17.4. The number of fused-ring (bicyclic) bond motifs is 8. The summed E-state index contributed by atoms with van der Waals surface area (Å²) in [5.41, 5.74) is 23.7. The van der Waals surface area contributed by atoms with Gasteiger partial charge in [0.15, 0.2) is 0 Å². The average Bonchev–Trinajstić information content (AvgIpc) is 3.78. The number of aliphatic imine (C=N–C) groups is 1. The zero-order valence-corrected chi connectivity index (χ0v) is 35.6. The average molecular weight is 796 g/mol. The third kappa shape index (κ3) is 6.10. The summed E-state index contributed by atoms with van der Waals surface area (Å²) in [6.07, 6.45) is 15.8. The Morgan fingerprint density at radius 3 is 2.00 bits per heavy atom. The van der Waals surface area contributed by atoms with Crippen LogP contribution >= 0.6 is 0 Å². The molecule has 0 radical (unpaired) electrons. The van der Waals surface area contributed by atoms with Crippen molar-refractivity contribution in [3.63, 3.8) is 0 Å². The van der Waals surface area contributed by atoms with Gasteiger partial charge >= 0.3 is 0 Å². The predicted octanol–water partition coefficient (Wildman–Crippen LogP) is 15.1. The summed E-state index contributed by atoms with van der Waals surface area (Å²) in [7, 11) is 0. The van der Waals surface area contributed by atoms with Gasteiger partial charge in [0, 0.05) is 23.1 Å². The van der Waals surface area contributed by atoms with Gasteiger partial charge in [0.2, 0.25) is 0 Å². The van der Waals surface area contributed by atoms with Gasteiger partial charge in [-0.05, 0) is 122 Å². The number of nitrogens with zero attached hydrogens (tertiary/aromatic N) is 1. The molecule has 0 heterocycles. The topological polar surface area (TPSA) is 12.4 Å². The number of rotatable bonds is 8. The second kappa shape index (κ2) is 15.4. The monoisotopic (exact) mass is 795 g/mol. The zero-order valence-electron chi connectivity index (χ0n) is 35.6. The molecule has 0 N–H and O–H groups in total. The van der Waals surface area contributed by atoms with Crippen molar-refractivity contribution >= 4 is 11.4 Å². The Labute approximate surface area is 366 Å². The van der Waals surface area contributed by atoms with Crippen LogP contribution in [0, 0.1) is 18.8 Å². The molecule has 7 aromatic carbocycles. The largest absolute Gasteiger partial charge is 0.252 e. The summed E-state index contributed by atoms with van der Waals surface area (Å²) in [6.45, 7) is 6.82. The van der Waals surface area contributed by atoms with E-state index >= 15 is 0 Å². The first kappa shape index (κ1) is 37.9. The number of hydrogen-bond donors (Lipinski definition) is 0. The van der Waals surface area contributed by atoms with E-state index in [1.165, 1.54) is 89.0 Å². The number of benzene rings is 7. The Bertz CT molecular complexity index is 3040. The van der Waals surface area contributed by atoms with Crippen molar-refractivity contribution in [2.24, 2.45) is 16.8 Å². The highest BCUT2D eigenvalue weighted by Crippen LogP contribution is 2.65. The first-order valence-electron chi connectivity index (χ1n) is 22.2. The molecule has 0 bridgehead atoms. The Balaban J connectivity index is 1.10. The van der Waals surface area contributed by atoms with Crippen molar-refractivity contribution in [2.45, 2.75) is 39.0 Å². The molecule has 0 amide bonds. The molecule has 1 spiro atoms. The Morgan fingerprint density at radius 1 is 0.613 bits per heavy atom. The highest BCUT2D eigenvalue weighted by molar-refractivity contribution is 6.04. The van der Waals surface area contributed by atoms with E-state index in [4.69, 9.17) is 4.99 Å². The summed E-state index contributed by atoms with van der Waals surface area (Å²) >= 11 is 0. The van der Waals surface area contributed by atoms with Crippen LogP contribution in [0.4, 0.5) is 0 Å². The minimum atomic E-state index is -0.546. The minimum absolute atomic E-state index is 0.0689. The lowest BCUT2D eigenvalue weighted by Gasteiger charge is -2.37. The van der Waals surface area contributed by atoms with Crippen LogP contribution in [0.3, 0.4) is 0 Å². The maximum absolute atomic E-state index is 5.76. The van der Waals surface area contributed by atoms with Crippen molar-refractivity contribution in [3.05, 3.63) is 268 Å². The summed E-state index contributed by atoms with van der Waals surface area (Å²) in [4.78, 5) is 5.76. The third-order valence-electron chi connectivity index (χ3n) is 13.9. The van der Waals surface area contributed by atoms with Crippen molar-refractivity contribution < 1.29 is 0 Å². The molecular weight excluding hydrogens is 747 g/mol. The quantitative estimate of drug-likeness (QED) is 0.136. The molecule has 1 nitrogen and oxygen atoms in total. The predicted molar refractivity (Wildman–Crippen MR) is 260 cm³/mol. The first-order valence-corrected chi connectivity index (χ1v) is 22.2. The Hall–Kier alpha value is -7.09. The molecule has 7 aromatic rings. The summed E-state index contributed by atoms with van der Waals surface area (Å²) in [5, 5.41) is 0. The lowest BCUT2D eigenvalue weighted by atomic mass is 9.64. The van der Waals surface area contributed by atoms with Crippen molar-refractivity contribution in [1.29, 1.82) is 0 Å². The molecule has 0 saturated carbocycles. The van der Waals surface area contributed by atoms with Gasteiger partial charge in [-0.1, -0.05) is 207 Å². The van der Waals surface area contributed by atoms with E-state index in [9.17, 15) is 0 Å². The van der Waals surface area contributed by atoms with Gasteiger partial charge in [0.25, 0.3) is 0 Å². The highest BCUT2D eigenvalue weighted by atomic mass is 14.8. The number of aryl methyl sites for hydroxylation is 1. The van der Waals surface area contributed by atoms with Gasteiger partial charge in [-0.15, -0.1) is 0 Å². The minimum Gasteiger partial charge on any atom is -0.252 e. The van der Waals surface area contributed by atoms with Crippen molar-refractivity contribution in [2.75, 3.05) is 0 Å². The lowest BCUT2D eigenvalue weighted by Crippen LogP contribution is -2.31. The van der Waals surface area contributed by atoms with E-state index in [0.717, 1.165) is 29.8 Å². The van der Waals surface area contributed by atoms with Gasteiger partial charge in [-0.2, -0.15) is 0 Å². The lowest BCUT2D eigenvalue weighted by molar-refractivity contribution is 0.637. The molecular formula is C61H49N. The molecule has 2 atom stereocenters. The summed E-state index contributed by atoms with van der Waals surface area (Å²) in [6, 6.07) is 63.0. The second-order valence-corrected chi connectivity index (χ2v) is 17.4. The summed E-state index contributed by atoms with van der Waals surface area (Å²) < 4.78 is 0. The molecule has 11 rings (SSSR count). The zero-order chi connectivity index (χ0) is 41.8. The normalized spacial score (nSPS) is 17.3. The van der Waals surface area contributed by atoms with Crippen LogP contribution in [-0.4, -0.2) is 5.71 Å². The van der Waals surface area contributed by atoms with Gasteiger partial charge in [0.1, 0.15) is 0 Å². The number of hydrogen-bond acceptors (Lipinski definition) is 1. The van der Waals surface area contributed by atoms with Crippen molar-refractivity contribution in [3.8, 4) is 33.4 Å². The van der Waals surface area contributed by atoms with E-state index in [2.05, 4.69) is 227 Å². The van der Waals surface area contributed by atoms with E-state index in [-0.39, 0.29) is 5.92 Å². The van der Waals surface area contributed by atoms with Crippen LogP contribution in [0.15, 0.2) is 228 Å². The van der Waals surface area contributed by atoms with E-state index < -0.39 is 5.41 Å². The number of allylic oxidation sites excluding steroid dienone is 9. The summed E-state index contributed by atoms with van der Waals surface area (Å²) in [5.74, 6) is 0.453. The molecule has 0 aliphatic heterocycles. The molecule has 0 aromatic heterocycles. The van der Waals surface area contributed by atoms with Crippen LogP contribution in [0.2, 0.25) is 0 Å². The molecule has 0 fully saturated rings. The van der Waals surface area contributed by atoms with Gasteiger partial charge in [-0.3, -0.25) is 4.99 Å². The fourth-order valence-corrected chi connectivity index (χ4v) is 11.0. The highest BCUT2D eigenvalue weighted by Gasteiger charge is 2.55. The molecule has 1 heteroatoms. The fourth-order valence-electron chi connectivity index (χ4n) is 11.0. The standard InChI is InChI=1S/C61H49N/c1-40-18-7-10-24-49(40)52-26-12-9-22-48(52)38-43-32-34-45(35-33-43)47-36-37-55-58(39-47)61(56-30-15-13-27-53(56)54-28-14-16-31-57(54)61)59(60(55)62-42(3)44-19-5-4-6-20-44)41(2)50-29-17-23-46-21-8-11-25-51(46)50/h4-22,24-37,39,41,46H,23,38H2,1-3H3/b62-42+/t41-,46?/m0/s1. The van der Waals surface area contributed by atoms with Crippen molar-refractivity contribution in [1.82, 2.24) is 0 Å². The van der Waals surface area contributed by atoms with Crippen LogP contribution in [0.5, 0.6) is 0 Å². The molecule has 62 heavy (non-hydrogen) atoms. The maximum Gasteiger partial charge on any atom is 0.0722 e. The molecule has 0 saturated heterocycles. The van der Waals surface area contributed by atoms with E-state index in [0.29, 0.717) is 5.92 Å². The van der Waals surface area contributed by atoms with Gasteiger partial charge < -0.3 is 0 Å². The van der Waals surface area contributed by atoms with Crippen LogP contribution in [0.25, 0.3) is 39.1 Å². The Kier molecular flexibility index (Phi) is 9.42. The van der Waals surface area contributed by atoms with Crippen LogP contribution in [-0.2, 0) is 11.8 Å². The van der Waals surface area contributed by atoms with E-state index in [1.54, 1.807) is 0 Å². The molecule has 4 aliphatic carbocycles.